The molecule has 0 spiro atoms. The predicted molar refractivity (Wildman–Crippen MR) is 108 cm³/mol. The fourth-order valence-corrected chi connectivity index (χ4v) is 2.72. The van der Waals surface area contributed by atoms with Gasteiger partial charge in [0.05, 0.1) is 6.04 Å². The van der Waals surface area contributed by atoms with Crippen LogP contribution in [0.3, 0.4) is 0 Å². The highest BCUT2D eigenvalue weighted by Gasteiger charge is 2.18. The molecule has 0 radical (unpaired) electrons. The fourth-order valence-electron chi connectivity index (χ4n) is 2.72. The first kappa shape index (κ1) is 20.5. The number of nitrogens with zero attached hydrogens (tertiary/aromatic N) is 2. The van der Waals surface area contributed by atoms with E-state index in [-0.39, 0.29) is 6.04 Å². The molecule has 0 bridgehead atoms. The Labute approximate surface area is 161 Å². The number of rotatable bonds is 7. The molecule has 0 fully saturated rings. The van der Waals surface area contributed by atoms with Gasteiger partial charge in [-0.2, -0.15) is 0 Å². The van der Waals surface area contributed by atoms with Crippen LogP contribution in [0, 0.1) is 0 Å². The van der Waals surface area contributed by atoms with Crippen LogP contribution in [-0.2, 0) is 16.1 Å². The van der Waals surface area contributed by atoms with E-state index in [1.807, 2.05) is 92.6 Å². The molecular weight excluding hydrogens is 340 g/mol. The number of hydrogen-bond acceptors (Lipinski definition) is 4. The zero-order valence-corrected chi connectivity index (χ0v) is 16.4. The van der Waals surface area contributed by atoms with Gasteiger partial charge in [0.2, 0.25) is 0 Å². The molecule has 0 aromatic heterocycles. The minimum Gasteiger partial charge on any atom is -0.378 e. The summed E-state index contributed by atoms with van der Waals surface area (Å²) in [5, 5.41) is 5.37. The molecule has 2 amide bonds. The highest BCUT2D eigenvalue weighted by molar-refractivity contribution is 6.35. The van der Waals surface area contributed by atoms with E-state index in [1.165, 1.54) is 0 Å². The van der Waals surface area contributed by atoms with Crippen molar-refractivity contribution in [3.63, 3.8) is 0 Å². The Morgan fingerprint density at radius 2 is 1.44 bits per heavy atom. The molecule has 0 saturated heterocycles. The Hall–Kier alpha value is -2.86. The lowest BCUT2D eigenvalue weighted by Gasteiger charge is -2.25. The van der Waals surface area contributed by atoms with E-state index in [4.69, 9.17) is 0 Å². The molecular formula is C21H28N4O2. The van der Waals surface area contributed by atoms with Gasteiger partial charge < -0.3 is 20.4 Å². The number of benzene rings is 2. The van der Waals surface area contributed by atoms with Crippen molar-refractivity contribution in [1.82, 2.24) is 15.5 Å². The number of amides is 2. The summed E-state index contributed by atoms with van der Waals surface area (Å²) in [5.74, 6) is -1.25. The maximum Gasteiger partial charge on any atom is 0.309 e. The lowest BCUT2D eigenvalue weighted by Crippen LogP contribution is -2.42. The third-order valence-electron chi connectivity index (χ3n) is 4.38. The number of likely N-dealkylation sites (N-methyl/N-ethyl adjacent to an activating group) is 1. The van der Waals surface area contributed by atoms with Gasteiger partial charge in [0.1, 0.15) is 0 Å². The molecule has 6 nitrogen and oxygen atoms in total. The molecule has 2 aromatic carbocycles. The quantitative estimate of drug-likeness (QED) is 0.732. The predicted octanol–water partition coefficient (Wildman–Crippen LogP) is 1.79. The Bertz CT molecular complexity index is 743. The van der Waals surface area contributed by atoms with Crippen molar-refractivity contribution in [2.24, 2.45) is 0 Å². The van der Waals surface area contributed by atoms with E-state index in [9.17, 15) is 9.59 Å². The molecule has 144 valence electrons. The summed E-state index contributed by atoms with van der Waals surface area (Å²) in [6.45, 7) is 0.683. The van der Waals surface area contributed by atoms with Crippen LogP contribution in [-0.4, -0.2) is 51.4 Å². The topological polar surface area (TPSA) is 64.7 Å². The Balaban J connectivity index is 1.90. The highest BCUT2D eigenvalue weighted by atomic mass is 16.2. The van der Waals surface area contributed by atoms with Gasteiger partial charge in [0, 0.05) is 32.9 Å². The van der Waals surface area contributed by atoms with Gasteiger partial charge in [-0.15, -0.1) is 0 Å². The first-order valence-electron chi connectivity index (χ1n) is 8.92. The van der Waals surface area contributed by atoms with Gasteiger partial charge in [0.15, 0.2) is 0 Å². The van der Waals surface area contributed by atoms with Crippen LogP contribution in [0.4, 0.5) is 5.69 Å². The zero-order valence-electron chi connectivity index (χ0n) is 16.4. The Morgan fingerprint density at radius 3 is 2.00 bits per heavy atom. The van der Waals surface area contributed by atoms with Gasteiger partial charge in [-0.25, -0.2) is 0 Å². The van der Waals surface area contributed by atoms with E-state index in [1.54, 1.807) is 0 Å². The lowest BCUT2D eigenvalue weighted by molar-refractivity contribution is -0.139. The molecule has 0 aliphatic carbocycles. The monoisotopic (exact) mass is 368 g/mol. The number of anilines is 1. The Kier molecular flexibility index (Phi) is 7.37. The number of carbonyl (C=O) groups is 2. The summed E-state index contributed by atoms with van der Waals surface area (Å²) in [7, 11) is 7.89. The van der Waals surface area contributed by atoms with E-state index in [0.29, 0.717) is 13.1 Å². The molecule has 2 N–H and O–H groups in total. The van der Waals surface area contributed by atoms with Gasteiger partial charge in [-0.3, -0.25) is 9.59 Å². The third kappa shape index (κ3) is 6.11. The first-order chi connectivity index (χ1) is 12.9. The van der Waals surface area contributed by atoms with Crippen molar-refractivity contribution in [3.8, 4) is 0 Å². The SMILES string of the molecule is CN(C)c1ccc([C@H](CNC(=O)C(=O)NCc2ccccc2)N(C)C)cc1. The summed E-state index contributed by atoms with van der Waals surface area (Å²) in [6, 6.07) is 17.6. The van der Waals surface area contributed by atoms with Crippen LogP contribution in [0.25, 0.3) is 0 Å². The summed E-state index contributed by atoms with van der Waals surface area (Å²) in [5.41, 5.74) is 3.14. The number of carbonyl (C=O) groups excluding carboxylic acids is 2. The van der Waals surface area contributed by atoms with E-state index < -0.39 is 11.8 Å². The van der Waals surface area contributed by atoms with Crippen LogP contribution in [0.2, 0.25) is 0 Å². The zero-order chi connectivity index (χ0) is 19.8. The van der Waals surface area contributed by atoms with E-state index >= 15 is 0 Å². The maximum atomic E-state index is 12.1. The third-order valence-corrected chi connectivity index (χ3v) is 4.38. The molecule has 2 aromatic rings. The van der Waals surface area contributed by atoms with Crippen LogP contribution in [0.1, 0.15) is 17.2 Å². The first-order valence-corrected chi connectivity index (χ1v) is 8.92. The second kappa shape index (κ2) is 9.73. The maximum absolute atomic E-state index is 12.1. The fraction of sp³-hybridized carbons (Fsp3) is 0.333. The molecule has 0 aliphatic heterocycles. The van der Waals surface area contributed by atoms with Crippen molar-refractivity contribution >= 4 is 17.5 Å². The Morgan fingerprint density at radius 1 is 0.852 bits per heavy atom. The average Bonchev–Trinajstić information content (AvgIpc) is 2.67. The van der Waals surface area contributed by atoms with Crippen molar-refractivity contribution in [2.45, 2.75) is 12.6 Å². The lowest BCUT2D eigenvalue weighted by atomic mass is 10.1. The standard InChI is InChI=1S/C21H28N4O2/c1-24(2)18-12-10-17(11-13-18)19(25(3)4)15-23-21(27)20(26)22-14-16-8-6-5-7-9-16/h5-13,19H,14-15H2,1-4H3,(H,22,26)(H,23,27)/t19-/m0/s1. The molecule has 0 unspecified atom stereocenters. The molecule has 27 heavy (non-hydrogen) atoms. The molecule has 0 heterocycles. The van der Waals surface area contributed by atoms with Crippen LogP contribution >= 0.6 is 0 Å². The summed E-state index contributed by atoms with van der Waals surface area (Å²) in [4.78, 5) is 28.2. The van der Waals surface area contributed by atoms with E-state index in [0.717, 1.165) is 16.8 Å². The second-order valence-corrected chi connectivity index (χ2v) is 6.84. The van der Waals surface area contributed by atoms with Gasteiger partial charge in [-0.05, 0) is 37.4 Å². The minimum absolute atomic E-state index is 0.0212. The molecule has 0 saturated carbocycles. The van der Waals surface area contributed by atoms with Crippen molar-refractivity contribution in [1.29, 1.82) is 0 Å². The summed E-state index contributed by atoms with van der Waals surface area (Å²) in [6.07, 6.45) is 0. The van der Waals surface area contributed by atoms with Crippen LogP contribution in [0.15, 0.2) is 54.6 Å². The molecule has 1 atom stereocenters. The van der Waals surface area contributed by atoms with Crippen LogP contribution < -0.4 is 15.5 Å². The number of hydrogen-bond donors (Lipinski definition) is 2. The minimum atomic E-state index is -0.626. The smallest absolute Gasteiger partial charge is 0.309 e. The van der Waals surface area contributed by atoms with Crippen molar-refractivity contribution in [3.05, 3.63) is 65.7 Å². The normalized spacial score (nSPS) is 11.7. The van der Waals surface area contributed by atoms with Crippen molar-refractivity contribution < 1.29 is 9.59 Å². The highest BCUT2D eigenvalue weighted by Crippen LogP contribution is 2.20. The second-order valence-electron chi connectivity index (χ2n) is 6.84. The van der Waals surface area contributed by atoms with Gasteiger partial charge in [-0.1, -0.05) is 42.5 Å². The van der Waals surface area contributed by atoms with Crippen LogP contribution in [0.5, 0.6) is 0 Å². The molecule has 6 heteroatoms. The number of nitrogens with one attached hydrogen (secondary N) is 2. The largest absolute Gasteiger partial charge is 0.378 e. The van der Waals surface area contributed by atoms with Gasteiger partial charge in [0.25, 0.3) is 0 Å². The molecule has 0 aliphatic rings. The van der Waals surface area contributed by atoms with E-state index in [2.05, 4.69) is 10.6 Å². The van der Waals surface area contributed by atoms with Gasteiger partial charge >= 0.3 is 11.8 Å². The molecule has 2 rings (SSSR count). The average molecular weight is 368 g/mol. The summed E-state index contributed by atoms with van der Waals surface area (Å²) >= 11 is 0. The van der Waals surface area contributed by atoms with Crippen molar-refractivity contribution in [2.75, 3.05) is 39.6 Å². The summed E-state index contributed by atoms with van der Waals surface area (Å²) < 4.78 is 0.